The van der Waals surface area contributed by atoms with Gasteiger partial charge >= 0.3 is 0 Å². The van der Waals surface area contributed by atoms with Gasteiger partial charge in [-0.25, -0.2) is 0 Å². The fourth-order valence-electron chi connectivity index (χ4n) is 1.76. The van der Waals surface area contributed by atoms with E-state index in [0.29, 0.717) is 5.92 Å². The van der Waals surface area contributed by atoms with E-state index in [4.69, 9.17) is 5.26 Å². The Balaban J connectivity index is 2.40. The molecule has 0 amide bonds. The van der Waals surface area contributed by atoms with Crippen LogP contribution in [0.3, 0.4) is 0 Å². The summed E-state index contributed by atoms with van der Waals surface area (Å²) in [6.45, 7) is 2.19. The van der Waals surface area contributed by atoms with Gasteiger partial charge in [-0.05, 0) is 29.5 Å². The van der Waals surface area contributed by atoms with Crippen LogP contribution in [0.4, 0.5) is 0 Å². The zero-order chi connectivity index (χ0) is 10.7. The van der Waals surface area contributed by atoms with Crippen molar-refractivity contribution < 1.29 is 0 Å². The molecule has 0 aliphatic heterocycles. The van der Waals surface area contributed by atoms with Crippen LogP contribution in [-0.2, 0) is 0 Å². The molecule has 15 heavy (non-hydrogen) atoms. The van der Waals surface area contributed by atoms with Gasteiger partial charge in [-0.1, -0.05) is 43.4 Å². The van der Waals surface area contributed by atoms with Crippen molar-refractivity contribution in [1.82, 2.24) is 0 Å². The second-order valence-electron chi connectivity index (χ2n) is 3.89. The smallest absolute Gasteiger partial charge is 0.0998 e. The summed E-state index contributed by atoms with van der Waals surface area (Å²) in [5, 5.41) is 9.00. The summed E-state index contributed by atoms with van der Waals surface area (Å²) >= 11 is 0. The highest BCUT2D eigenvalue weighted by molar-refractivity contribution is 5.78. The minimum atomic E-state index is 0.614. The molecule has 0 fully saturated rings. The maximum Gasteiger partial charge on any atom is 0.0998 e. The summed E-state index contributed by atoms with van der Waals surface area (Å²) < 4.78 is 0. The van der Waals surface area contributed by atoms with Gasteiger partial charge in [-0.2, -0.15) is 5.26 Å². The number of nitrogens with zero attached hydrogens (tertiary/aromatic N) is 1. The predicted octanol–water partition coefficient (Wildman–Crippen LogP) is 3.54. The molecule has 1 atom stereocenters. The monoisotopic (exact) mass is 195 g/mol. The first-order valence-electron chi connectivity index (χ1n) is 5.19. The molecule has 1 nitrogen and oxygen atoms in total. The van der Waals surface area contributed by atoms with Gasteiger partial charge < -0.3 is 0 Å². The molecule has 0 N–H and O–H groups in total. The zero-order valence-corrected chi connectivity index (χ0v) is 8.77. The van der Waals surface area contributed by atoms with Crippen molar-refractivity contribution in [2.24, 2.45) is 5.92 Å². The van der Waals surface area contributed by atoms with Crippen LogP contribution >= 0.6 is 0 Å². The van der Waals surface area contributed by atoms with Crippen molar-refractivity contribution in [3.63, 3.8) is 0 Å². The quantitative estimate of drug-likeness (QED) is 0.672. The number of nitriles is 1. The van der Waals surface area contributed by atoms with Crippen LogP contribution in [0.15, 0.2) is 42.5 Å². The number of benzene rings is 1. The lowest BCUT2D eigenvalue weighted by Crippen LogP contribution is -1.95. The van der Waals surface area contributed by atoms with E-state index in [1.807, 2.05) is 24.3 Å². The van der Waals surface area contributed by atoms with Crippen LogP contribution in [0, 0.1) is 17.2 Å². The van der Waals surface area contributed by atoms with E-state index in [9.17, 15) is 0 Å². The second-order valence-corrected chi connectivity index (χ2v) is 3.89. The van der Waals surface area contributed by atoms with Crippen molar-refractivity contribution in [3.8, 4) is 6.07 Å². The molecule has 1 aromatic rings. The molecular formula is C14H13N. The lowest BCUT2D eigenvalue weighted by molar-refractivity contribution is 0.739. The number of hydrogen-bond donors (Lipinski definition) is 0. The fourth-order valence-corrected chi connectivity index (χ4v) is 1.76. The number of hydrogen-bond acceptors (Lipinski definition) is 1. The van der Waals surface area contributed by atoms with Crippen molar-refractivity contribution >= 4 is 5.57 Å². The van der Waals surface area contributed by atoms with Crippen LogP contribution in [0.25, 0.3) is 5.57 Å². The van der Waals surface area contributed by atoms with Crippen molar-refractivity contribution in [2.45, 2.75) is 13.3 Å². The highest BCUT2D eigenvalue weighted by atomic mass is 14.2. The Labute approximate surface area is 90.4 Å². The van der Waals surface area contributed by atoms with E-state index < -0.39 is 0 Å². The molecule has 0 heterocycles. The summed E-state index contributed by atoms with van der Waals surface area (Å²) in [5.41, 5.74) is 2.97. The third-order valence-electron chi connectivity index (χ3n) is 2.67. The molecule has 0 radical (unpaired) electrons. The van der Waals surface area contributed by atoms with Gasteiger partial charge in [0, 0.05) is 0 Å². The molecule has 2 rings (SSSR count). The first kappa shape index (κ1) is 9.73. The SMILES string of the molecule is CC1C=CC(c2ccccc2C#N)=CC1. The molecule has 74 valence electrons. The average Bonchev–Trinajstić information content (AvgIpc) is 2.30. The summed E-state index contributed by atoms with van der Waals surface area (Å²) in [4.78, 5) is 0. The van der Waals surface area contributed by atoms with Gasteiger partial charge in [0.05, 0.1) is 11.6 Å². The van der Waals surface area contributed by atoms with Crippen molar-refractivity contribution in [1.29, 1.82) is 5.26 Å². The minimum absolute atomic E-state index is 0.614. The van der Waals surface area contributed by atoms with Crippen LogP contribution in [0.2, 0.25) is 0 Å². The van der Waals surface area contributed by atoms with Gasteiger partial charge in [0.25, 0.3) is 0 Å². The first-order valence-corrected chi connectivity index (χ1v) is 5.19. The molecule has 1 aliphatic carbocycles. The maximum atomic E-state index is 9.00. The van der Waals surface area contributed by atoms with Crippen molar-refractivity contribution in [2.75, 3.05) is 0 Å². The molecular weight excluding hydrogens is 182 g/mol. The van der Waals surface area contributed by atoms with Gasteiger partial charge in [0.15, 0.2) is 0 Å². The maximum absolute atomic E-state index is 9.00. The normalized spacial score (nSPS) is 19.5. The van der Waals surface area contributed by atoms with Gasteiger partial charge in [0.2, 0.25) is 0 Å². The first-order chi connectivity index (χ1) is 7.31. The van der Waals surface area contributed by atoms with Crippen LogP contribution < -0.4 is 0 Å². The van der Waals surface area contributed by atoms with E-state index in [2.05, 4.69) is 31.2 Å². The second kappa shape index (κ2) is 4.14. The molecule has 1 aromatic carbocycles. The Bertz CT molecular complexity index is 460. The predicted molar refractivity (Wildman–Crippen MR) is 62.1 cm³/mol. The highest BCUT2D eigenvalue weighted by Gasteiger charge is 2.08. The summed E-state index contributed by atoms with van der Waals surface area (Å²) in [7, 11) is 0. The summed E-state index contributed by atoms with van der Waals surface area (Å²) in [5.74, 6) is 0.614. The molecule has 0 bridgehead atoms. The van der Waals surface area contributed by atoms with Gasteiger partial charge in [-0.3, -0.25) is 0 Å². The Hall–Kier alpha value is -1.81. The Morgan fingerprint density at radius 1 is 1.33 bits per heavy atom. The third-order valence-corrected chi connectivity index (χ3v) is 2.67. The van der Waals surface area contributed by atoms with E-state index in [-0.39, 0.29) is 0 Å². The highest BCUT2D eigenvalue weighted by Crippen LogP contribution is 2.25. The van der Waals surface area contributed by atoms with E-state index in [1.165, 1.54) is 5.57 Å². The van der Waals surface area contributed by atoms with Gasteiger partial charge in [-0.15, -0.1) is 0 Å². The minimum Gasteiger partial charge on any atom is -0.192 e. The average molecular weight is 195 g/mol. The fraction of sp³-hybridized carbons (Fsp3) is 0.214. The summed E-state index contributed by atoms with van der Waals surface area (Å²) in [6.07, 6.45) is 7.58. The van der Waals surface area contributed by atoms with Crippen LogP contribution in [0.1, 0.15) is 24.5 Å². The molecule has 0 saturated carbocycles. The van der Waals surface area contributed by atoms with Crippen molar-refractivity contribution in [3.05, 3.63) is 53.6 Å². The molecule has 1 unspecified atom stereocenters. The Kier molecular flexibility index (Phi) is 2.69. The molecule has 1 heteroatoms. The number of rotatable bonds is 1. The lowest BCUT2D eigenvalue weighted by Gasteiger charge is -2.12. The molecule has 0 spiro atoms. The Morgan fingerprint density at radius 3 is 2.80 bits per heavy atom. The molecule has 0 aromatic heterocycles. The lowest BCUT2D eigenvalue weighted by atomic mass is 9.92. The largest absolute Gasteiger partial charge is 0.192 e. The molecule has 0 saturated heterocycles. The van der Waals surface area contributed by atoms with E-state index in [1.54, 1.807) is 0 Å². The molecule has 1 aliphatic rings. The Morgan fingerprint density at radius 2 is 2.13 bits per heavy atom. The van der Waals surface area contributed by atoms with E-state index >= 15 is 0 Å². The zero-order valence-electron chi connectivity index (χ0n) is 8.77. The number of allylic oxidation sites excluding steroid dienone is 4. The van der Waals surface area contributed by atoms with Crippen LogP contribution in [-0.4, -0.2) is 0 Å². The standard InChI is InChI=1S/C14H13N/c1-11-6-8-12(9-7-11)14-5-3-2-4-13(14)10-15/h2-6,8-9,11H,7H2,1H3. The third kappa shape index (κ3) is 1.99. The topological polar surface area (TPSA) is 23.8 Å². The van der Waals surface area contributed by atoms with E-state index in [0.717, 1.165) is 17.5 Å². The summed E-state index contributed by atoms with van der Waals surface area (Å²) in [6, 6.07) is 9.97. The van der Waals surface area contributed by atoms with Crippen LogP contribution in [0.5, 0.6) is 0 Å². The van der Waals surface area contributed by atoms with Gasteiger partial charge in [0.1, 0.15) is 0 Å².